The fraction of sp³-hybridized carbons (Fsp3) is 0.364. The van der Waals surface area contributed by atoms with Crippen molar-refractivity contribution in [1.82, 2.24) is 19.7 Å². The zero-order valence-electron chi connectivity index (χ0n) is 16.4. The normalized spacial score (nSPS) is 14.5. The van der Waals surface area contributed by atoms with E-state index >= 15 is 0 Å². The fourth-order valence-corrected chi connectivity index (χ4v) is 3.76. The molecule has 1 aliphatic carbocycles. The van der Waals surface area contributed by atoms with Crippen LogP contribution in [0.5, 0.6) is 0 Å². The number of aromatic nitrogens is 4. The molecule has 7 nitrogen and oxygen atoms in total. The highest BCUT2D eigenvalue weighted by atomic mass is 16.1. The Labute approximate surface area is 170 Å². The summed E-state index contributed by atoms with van der Waals surface area (Å²) in [5.41, 5.74) is 1.69. The number of anilines is 3. The average molecular weight is 390 g/mol. The highest BCUT2D eigenvalue weighted by Crippen LogP contribution is 2.27. The van der Waals surface area contributed by atoms with E-state index in [-0.39, 0.29) is 5.91 Å². The number of benzene rings is 1. The molecule has 0 radical (unpaired) electrons. The van der Waals surface area contributed by atoms with Crippen molar-refractivity contribution in [1.29, 1.82) is 0 Å². The molecule has 1 amide bonds. The summed E-state index contributed by atoms with van der Waals surface area (Å²) in [6, 6.07) is 11.3. The molecule has 29 heavy (non-hydrogen) atoms. The fourth-order valence-electron chi connectivity index (χ4n) is 3.76. The van der Waals surface area contributed by atoms with E-state index in [1.807, 2.05) is 42.6 Å². The van der Waals surface area contributed by atoms with Gasteiger partial charge in [0.1, 0.15) is 12.1 Å². The van der Waals surface area contributed by atoms with Crippen LogP contribution < -0.4 is 10.6 Å². The van der Waals surface area contributed by atoms with Crippen LogP contribution >= 0.6 is 0 Å². The predicted molar refractivity (Wildman–Crippen MR) is 113 cm³/mol. The first-order valence-corrected chi connectivity index (χ1v) is 10.3. The molecule has 0 spiro atoms. The Morgan fingerprint density at radius 1 is 1.07 bits per heavy atom. The second-order valence-corrected chi connectivity index (χ2v) is 7.51. The van der Waals surface area contributed by atoms with Crippen molar-refractivity contribution in [2.45, 2.75) is 44.9 Å². The lowest BCUT2D eigenvalue weighted by Crippen LogP contribution is -2.14. The topological polar surface area (TPSA) is 84.7 Å². The second-order valence-electron chi connectivity index (χ2n) is 7.51. The van der Waals surface area contributed by atoms with Gasteiger partial charge in [0.25, 0.3) is 0 Å². The third-order valence-electron chi connectivity index (χ3n) is 5.34. The lowest BCUT2D eigenvalue weighted by molar-refractivity contribution is -0.116. The van der Waals surface area contributed by atoms with E-state index in [1.54, 1.807) is 10.9 Å². The lowest BCUT2D eigenvalue weighted by atomic mass is 9.86. The number of carbonyl (C=O) groups excluding carboxylic acids is 1. The summed E-state index contributed by atoms with van der Waals surface area (Å²) in [6.45, 7) is 0. The molecule has 1 aromatic carbocycles. The smallest absolute Gasteiger partial charge is 0.224 e. The molecular formula is C22H26N6O. The highest BCUT2D eigenvalue weighted by molar-refractivity contribution is 5.90. The van der Waals surface area contributed by atoms with Crippen LogP contribution in [0.3, 0.4) is 0 Å². The van der Waals surface area contributed by atoms with Gasteiger partial charge in [-0.15, -0.1) is 0 Å². The SMILES string of the molecule is O=C(CCC1CCCCC1)Nc1ccc(Nc2cc(-n3cccn3)ncn2)cc1. The van der Waals surface area contributed by atoms with E-state index < -0.39 is 0 Å². The van der Waals surface area contributed by atoms with E-state index in [4.69, 9.17) is 0 Å². The van der Waals surface area contributed by atoms with Crippen LogP contribution in [0.4, 0.5) is 17.2 Å². The van der Waals surface area contributed by atoms with Crippen molar-refractivity contribution in [2.24, 2.45) is 5.92 Å². The number of nitrogens with zero attached hydrogens (tertiary/aromatic N) is 4. The van der Waals surface area contributed by atoms with E-state index in [0.717, 1.165) is 23.7 Å². The van der Waals surface area contributed by atoms with Gasteiger partial charge in [0, 0.05) is 36.3 Å². The van der Waals surface area contributed by atoms with Gasteiger partial charge in [0.2, 0.25) is 5.91 Å². The zero-order chi connectivity index (χ0) is 19.9. The van der Waals surface area contributed by atoms with Crippen molar-refractivity contribution in [3.05, 3.63) is 55.1 Å². The van der Waals surface area contributed by atoms with Crippen molar-refractivity contribution in [2.75, 3.05) is 10.6 Å². The first-order valence-electron chi connectivity index (χ1n) is 10.3. The maximum atomic E-state index is 12.2. The maximum Gasteiger partial charge on any atom is 0.224 e. The molecule has 2 heterocycles. The van der Waals surface area contributed by atoms with Gasteiger partial charge < -0.3 is 10.6 Å². The summed E-state index contributed by atoms with van der Waals surface area (Å²) in [7, 11) is 0. The molecule has 0 atom stereocenters. The van der Waals surface area contributed by atoms with E-state index in [2.05, 4.69) is 25.7 Å². The van der Waals surface area contributed by atoms with E-state index in [1.165, 1.54) is 38.4 Å². The largest absolute Gasteiger partial charge is 0.340 e. The van der Waals surface area contributed by atoms with Gasteiger partial charge >= 0.3 is 0 Å². The van der Waals surface area contributed by atoms with Crippen molar-refractivity contribution in [3.63, 3.8) is 0 Å². The average Bonchev–Trinajstić information content (AvgIpc) is 3.30. The lowest BCUT2D eigenvalue weighted by Gasteiger charge is -2.21. The summed E-state index contributed by atoms with van der Waals surface area (Å²) in [5, 5.41) is 10.4. The number of carbonyl (C=O) groups is 1. The number of hydrogen-bond donors (Lipinski definition) is 2. The van der Waals surface area contributed by atoms with Crippen LogP contribution in [-0.4, -0.2) is 25.7 Å². The van der Waals surface area contributed by atoms with Gasteiger partial charge in [-0.2, -0.15) is 5.10 Å². The zero-order valence-corrected chi connectivity index (χ0v) is 16.4. The first-order chi connectivity index (χ1) is 14.3. The number of amides is 1. The minimum atomic E-state index is 0.0935. The van der Waals surface area contributed by atoms with Crippen LogP contribution in [0.1, 0.15) is 44.9 Å². The molecule has 0 aliphatic heterocycles. The Bertz CT molecular complexity index is 917. The van der Waals surface area contributed by atoms with Crippen molar-refractivity contribution >= 4 is 23.1 Å². The quantitative estimate of drug-likeness (QED) is 0.610. The van der Waals surface area contributed by atoms with Crippen LogP contribution in [0, 0.1) is 5.92 Å². The molecule has 4 rings (SSSR count). The summed E-state index contributed by atoms with van der Waals surface area (Å²) >= 11 is 0. The van der Waals surface area contributed by atoms with Crippen molar-refractivity contribution in [3.8, 4) is 5.82 Å². The Hall–Kier alpha value is -3.22. The van der Waals surface area contributed by atoms with Crippen LogP contribution in [0.15, 0.2) is 55.1 Å². The summed E-state index contributed by atoms with van der Waals surface area (Å²) < 4.78 is 1.68. The molecular weight excluding hydrogens is 364 g/mol. The van der Waals surface area contributed by atoms with Crippen LogP contribution in [0.2, 0.25) is 0 Å². The number of rotatable bonds is 7. The third kappa shape index (κ3) is 5.40. The minimum absolute atomic E-state index is 0.0935. The second kappa shape index (κ2) is 9.32. The summed E-state index contributed by atoms with van der Waals surface area (Å²) in [4.78, 5) is 20.7. The van der Waals surface area contributed by atoms with Crippen LogP contribution in [-0.2, 0) is 4.79 Å². The van der Waals surface area contributed by atoms with Gasteiger partial charge in [0.15, 0.2) is 5.82 Å². The molecule has 1 saturated carbocycles. The maximum absolute atomic E-state index is 12.2. The standard InChI is InChI=1S/C22H26N6O/c29-22(12-7-17-5-2-1-3-6-17)27-19-10-8-18(9-11-19)26-20-15-21(24-16-23-20)28-14-4-13-25-28/h4,8-11,13-17H,1-3,5-7,12H2,(H,27,29)(H,23,24,26). The Morgan fingerprint density at radius 3 is 2.62 bits per heavy atom. The third-order valence-corrected chi connectivity index (χ3v) is 5.34. The van der Waals surface area contributed by atoms with Gasteiger partial charge in [0.05, 0.1) is 0 Å². The molecule has 2 N–H and O–H groups in total. The van der Waals surface area contributed by atoms with Crippen molar-refractivity contribution < 1.29 is 4.79 Å². The monoisotopic (exact) mass is 390 g/mol. The molecule has 1 fully saturated rings. The molecule has 0 unspecified atom stereocenters. The molecule has 3 aromatic rings. The predicted octanol–water partition coefficient (Wildman–Crippen LogP) is 4.70. The Balaban J connectivity index is 1.30. The van der Waals surface area contributed by atoms with Gasteiger partial charge in [-0.3, -0.25) is 4.79 Å². The van der Waals surface area contributed by atoms with Gasteiger partial charge in [-0.05, 0) is 42.7 Å². The van der Waals surface area contributed by atoms with E-state index in [9.17, 15) is 4.79 Å². The Kier molecular flexibility index (Phi) is 6.14. The first kappa shape index (κ1) is 19.1. The molecule has 1 aliphatic rings. The molecule has 0 bridgehead atoms. The van der Waals surface area contributed by atoms with E-state index in [0.29, 0.717) is 18.1 Å². The summed E-state index contributed by atoms with van der Waals surface area (Å²) in [6.07, 6.45) is 13.2. The number of hydrogen-bond acceptors (Lipinski definition) is 5. The highest BCUT2D eigenvalue weighted by Gasteiger charge is 2.14. The summed E-state index contributed by atoms with van der Waals surface area (Å²) in [5.74, 6) is 2.18. The van der Waals surface area contributed by atoms with Crippen LogP contribution in [0.25, 0.3) is 5.82 Å². The molecule has 150 valence electrons. The Morgan fingerprint density at radius 2 is 1.86 bits per heavy atom. The molecule has 2 aromatic heterocycles. The van der Waals surface area contributed by atoms with Gasteiger partial charge in [-0.1, -0.05) is 32.1 Å². The molecule has 0 saturated heterocycles. The van der Waals surface area contributed by atoms with Gasteiger partial charge in [-0.25, -0.2) is 14.6 Å². The minimum Gasteiger partial charge on any atom is -0.340 e. The molecule has 7 heteroatoms. The number of nitrogens with one attached hydrogen (secondary N) is 2.